The second kappa shape index (κ2) is 6.96. The Kier molecular flexibility index (Phi) is 4.34. The standard InChI is InChI=1S/C22H20N4O/c1-16-19(17-9-3-5-11-20(17)25(16)2)15-23-24-22(27)18-10-4-6-12-21(18)26-13-7-8-14-26/h3-15H,1-2H3,(H,24,27)/b23-15+. The Labute approximate surface area is 157 Å². The Morgan fingerprint density at radius 1 is 1.00 bits per heavy atom. The molecular formula is C22H20N4O. The maximum Gasteiger partial charge on any atom is 0.273 e. The molecule has 4 rings (SSSR count). The number of para-hydroxylation sites is 2. The van der Waals surface area contributed by atoms with Crippen LogP contribution in [-0.2, 0) is 7.05 Å². The number of carbonyl (C=O) groups excluding carboxylic acids is 1. The number of carbonyl (C=O) groups is 1. The molecule has 0 saturated heterocycles. The van der Waals surface area contributed by atoms with Gasteiger partial charge in [-0.15, -0.1) is 0 Å². The van der Waals surface area contributed by atoms with Gasteiger partial charge in [0.05, 0.1) is 17.5 Å². The van der Waals surface area contributed by atoms with Crippen molar-refractivity contribution in [1.82, 2.24) is 14.6 Å². The average molecular weight is 356 g/mol. The van der Waals surface area contributed by atoms with E-state index in [1.165, 1.54) is 0 Å². The molecule has 1 N–H and O–H groups in total. The zero-order valence-electron chi connectivity index (χ0n) is 15.3. The van der Waals surface area contributed by atoms with Crippen molar-refractivity contribution < 1.29 is 4.79 Å². The minimum absolute atomic E-state index is 0.242. The summed E-state index contributed by atoms with van der Waals surface area (Å²) >= 11 is 0. The minimum Gasteiger partial charge on any atom is -0.347 e. The Morgan fingerprint density at radius 3 is 2.52 bits per heavy atom. The van der Waals surface area contributed by atoms with E-state index in [0.717, 1.165) is 27.8 Å². The van der Waals surface area contributed by atoms with Crippen LogP contribution < -0.4 is 5.43 Å². The van der Waals surface area contributed by atoms with Gasteiger partial charge in [0.25, 0.3) is 5.91 Å². The van der Waals surface area contributed by atoms with Gasteiger partial charge in [-0.2, -0.15) is 5.10 Å². The smallest absolute Gasteiger partial charge is 0.273 e. The summed E-state index contributed by atoms with van der Waals surface area (Å²) in [7, 11) is 2.03. The highest BCUT2D eigenvalue weighted by Gasteiger charge is 2.12. The van der Waals surface area contributed by atoms with Gasteiger partial charge >= 0.3 is 0 Å². The van der Waals surface area contributed by atoms with Crippen molar-refractivity contribution in [2.45, 2.75) is 6.92 Å². The van der Waals surface area contributed by atoms with E-state index in [-0.39, 0.29) is 5.91 Å². The predicted octanol–water partition coefficient (Wildman–Crippen LogP) is 4.04. The Morgan fingerprint density at radius 2 is 1.70 bits per heavy atom. The monoisotopic (exact) mass is 356 g/mol. The van der Waals surface area contributed by atoms with Crippen molar-refractivity contribution in [3.05, 3.63) is 89.9 Å². The second-order valence-corrected chi connectivity index (χ2v) is 6.38. The van der Waals surface area contributed by atoms with Gasteiger partial charge in [-0.25, -0.2) is 5.43 Å². The number of benzene rings is 2. The van der Waals surface area contributed by atoms with Crippen LogP contribution in [0.1, 0.15) is 21.6 Å². The van der Waals surface area contributed by atoms with Gasteiger partial charge in [-0.05, 0) is 37.3 Å². The first-order valence-electron chi connectivity index (χ1n) is 8.76. The lowest BCUT2D eigenvalue weighted by Gasteiger charge is -2.09. The maximum atomic E-state index is 12.7. The molecule has 0 aliphatic carbocycles. The van der Waals surface area contributed by atoms with Gasteiger partial charge < -0.3 is 9.13 Å². The highest BCUT2D eigenvalue weighted by atomic mass is 16.2. The molecule has 0 radical (unpaired) electrons. The number of amides is 1. The van der Waals surface area contributed by atoms with Crippen molar-refractivity contribution >= 4 is 23.0 Å². The average Bonchev–Trinajstić information content (AvgIpc) is 3.32. The number of aromatic nitrogens is 2. The van der Waals surface area contributed by atoms with Crippen LogP contribution in [0.2, 0.25) is 0 Å². The lowest BCUT2D eigenvalue weighted by Crippen LogP contribution is -2.19. The zero-order valence-corrected chi connectivity index (χ0v) is 15.3. The van der Waals surface area contributed by atoms with Crippen LogP contribution >= 0.6 is 0 Å². The number of hydrogen-bond acceptors (Lipinski definition) is 2. The number of hydrogen-bond donors (Lipinski definition) is 1. The molecule has 0 fully saturated rings. The Bertz CT molecular complexity index is 1140. The first-order valence-corrected chi connectivity index (χ1v) is 8.76. The molecule has 5 heteroatoms. The molecule has 134 valence electrons. The van der Waals surface area contributed by atoms with E-state index in [4.69, 9.17) is 0 Å². The van der Waals surface area contributed by atoms with Crippen LogP contribution in [0.25, 0.3) is 16.6 Å². The van der Waals surface area contributed by atoms with E-state index in [1.807, 2.05) is 73.4 Å². The van der Waals surface area contributed by atoms with Gasteiger partial charge in [0, 0.05) is 41.6 Å². The Balaban J connectivity index is 1.60. The molecule has 27 heavy (non-hydrogen) atoms. The van der Waals surface area contributed by atoms with Crippen molar-refractivity contribution in [1.29, 1.82) is 0 Å². The summed E-state index contributed by atoms with van der Waals surface area (Å²) in [6.45, 7) is 2.05. The lowest BCUT2D eigenvalue weighted by atomic mass is 10.1. The summed E-state index contributed by atoms with van der Waals surface area (Å²) in [6.07, 6.45) is 5.54. The topological polar surface area (TPSA) is 51.3 Å². The summed E-state index contributed by atoms with van der Waals surface area (Å²) in [5.74, 6) is -0.242. The van der Waals surface area contributed by atoms with Crippen molar-refractivity contribution in [3.8, 4) is 5.69 Å². The molecule has 0 aliphatic heterocycles. The van der Waals surface area contributed by atoms with E-state index in [0.29, 0.717) is 5.56 Å². The molecule has 1 amide bonds. The predicted molar refractivity (Wildman–Crippen MR) is 108 cm³/mol. The third-order valence-corrected chi connectivity index (χ3v) is 4.84. The van der Waals surface area contributed by atoms with Gasteiger partial charge in [-0.3, -0.25) is 4.79 Å². The normalized spacial score (nSPS) is 11.3. The number of fused-ring (bicyclic) bond motifs is 1. The van der Waals surface area contributed by atoms with Crippen LogP contribution in [0.4, 0.5) is 0 Å². The van der Waals surface area contributed by atoms with Gasteiger partial charge in [-0.1, -0.05) is 30.3 Å². The summed E-state index contributed by atoms with van der Waals surface area (Å²) in [5, 5.41) is 5.33. The highest BCUT2D eigenvalue weighted by molar-refractivity contribution is 6.02. The van der Waals surface area contributed by atoms with Crippen LogP contribution in [0.5, 0.6) is 0 Å². The molecule has 0 spiro atoms. The molecule has 4 aromatic rings. The Hall–Kier alpha value is -3.60. The SMILES string of the molecule is Cc1c(/C=N/NC(=O)c2ccccc2-n2cccc2)c2ccccc2n1C. The fraction of sp³-hybridized carbons (Fsp3) is 0.0909. The number of hydrazone groups is 1. The maximum absolute atomic E-state index is 12.7. The molecule has 0 atom stereocenters. The molecule has 2 aromatic heterocycles. The van der Waals surface area contributed by atoms with Crippen molar-refractivity contribution in [3.63, 3.8) is 0 Å². The first-order chi connectivity index (χ1) is 13.2. The molecule has 2 heterocycles. The zero-order chi connectivity index (χ0) is 18.8. The van der Waals surface area contributed by atoms with Gasteiger partial charge in [0.15, 0.2) is 0 Å². The molecule has 0 bridgehead atoms. The quantitative estimate of drug-likeness (QED) is 0.435. The van der Waals surface area contributed by atoms with E-state index < -0.39 is 0 Å². The van der Waals surface area contributed by atoms with Crippen molar-refractivity contribution in [2.24, 2.45) is 12.1 Å². The number of nitrogens with zero attached hydrogens (tertiary/aromatic N) is 3. The van der Waals surface area contributed by atoms with Crippen LogP contribution in [0.15, 0.2) is 78.2 Å². The first kappa shape index (κ1) is 16.8. The number of aryl methyl sites for hydroxylation is 1. The summed E-state index contributed by atoms with van der Waals surface area (Å²) in [5.41, 5.74) is 7.29. The van der Waals surface area contributed by atoms with E-state index >= 15 is 0 Å². The minimum atomic E-state index is -0.242. The summed E-state index contributed by atoms with van der Waals surface area (Å²) in [6, 6.07) is 19.5. The van der Waals surface area contributed by atoms with Gasteiger partial charge in [0.2, 0.25) is 0 Å². The number of nitrogens with one attached hydrogen (secondary N) is 1. The van der Waals surface area contributed by atoms with E-state index in [9.17, 15) is 4.79 Å². The third-order valence-electron chi connectivity index (χ3n) is 4.84. The molecule has 2 aromatic carbocycles. The van der Waals surface area contributed by atoms with Crippen LogP contribution in [0, 0.1) is 6.92 Å². The molecular weight excluding hydrogens is 336 g/mol. The van der Waals surface area contributed by atoms with E-state index in [2.05, 4.69) is 27.2 Å². The van der Waals surface area contributed by atoms with Crippen molar-refractivity contribution in [2.75, 3.05) is 0 Å². The lowest BCUT2D eigenvalue weighted by molar-refractivity contribution is 0.0955. The molecule has 5 nitrogen and oxygen atoms in total. The highest BCUT2D eigenvalue weighted by Crippen LogP contribution is 2.23. The molecule has 0 saturated carbocycles. The number of rotatable bonds is 4. The van der Waals surface area contributed by atoms with E-state index in [1.54, 1.807) is 12.3 Å². The fourth-order valence-corrected chi connectivity index (χ4v) is 3.31. The largest absolute Gasteiger partial charge is 0.347 e. The fourth-order valence-electron chi connectivity index (χ4n) is 3.31. The second-order valence-electron chi connectivity index (χ2n) is 6.38. The summed E-state index contributed by atoms with van der Waals surface area (Å²) in [4.78, 5) is 12.7. The summed E-state index contributed by atoms with van der Waals surface area (Å²) < 4.78 is 4.04. The van der Waals surface area contributed by atoms with Crippen LogP contribution in [-0.4, -0.2) is 21.3 Å². The van der Waals surface area contributed by atoms with Crippen LogP contribution in [0.3, 0.4) is 0 Å². The van der Waals surface area contributed by atoms with Gasteiger partial charge in [0.1, 0.15) is 0 Å². The third kappa shape index (κ3) is 3.04. The molecule has 0 aliphatic rings. The molecule has 0 unspecified atom stereocenters.